The predicted molar refractivity (Wildman–Crippen MR) is 94.4 cm³/mol. The first-order valence-corrected chi connectivity index (χ1v) is 7.73. The van der Waals surface area contributed by atoms with E-state index in [9.17, 15) is 0 Å². The van der Waals surface area contributed by atoms with Crippen molar-refractivity contribution in [3.8, 4) is 0 Å². The van der Waals surface area contributed by atoms with Crippen LogP contribution in [0.5, 0.6) is 0 Å². The topological polar surface area (TPSA) is 56.3 Å². The number of aromatic nitrogens is 2. The van der Waals surface area contributed by atoms with Crippen molar-refractivity contribution in [2.24, 2.45) is 9.98 Å². The molecule has 4 nitrogen and oxygen atoms in total. The summed E-state index contributed by atoms with van der Waals surface area (Å²) in [4.78, 5) is 8.63. The standard InChI is InChI=1S/C16H10Cl3N4.Cm/c17-11-2-1-3-13(6-11)21-16-8-15(22-23-16)20-9-10-4-5-12(18)7-14(10)19;/h1-7,9H,(H2,21,22,23);/q-1;/b20-9+;. The van der Waals surface area contributed by atoms with Crippen molar-refractivity contribution < 1.29 is 0 Å². The van der Waals surface area contributed by atoms with Gasteiger partial charge in [0.05, 0.1) is 10.7 Å². The Morgan fingerprint density at radius 2 is 1.75 bits per heavy atom. The summed E-state index contributed by atoms with van der Waals surface area (Å²) >= 11 is 17.9. The van der Waals surface area contributed by atoms with Crippen molar-refractivity contribution in [2.75, 3.05) is 0 Å². The van der Waals surface area contributed by atoms with E-state index in [1.165, 1.54) is 0 Å². The zero-order chi connectivity index (χ0) is 16.2. The molecule has 0 radical (unpaired) electrons. The van der Waals surface area contributed by atoms with Crippen LogP contribution in [-0.4, -0.2) is 16.4 Å². The fraction of sp³-hybridized carbons (Fsp3) is 0. The Hall–Kier alpha value is -3.01. The summed E-state index contributed by atoms with van der Waals surface area (Å²) in [5.41, 5.74) is 1.99. The molecule has 0 saturated carbocycles. The number of aliphatic imine (C=N–C) groups is 1. The zero-order valence-electron chi connectivity index (χ0n) is 12.0. The third-order valence-corrected chi connectivity index (χ3v) is 3.68. The van der Waals surface area contributed by atoms with E-state index in [1.54, 1.807) is 36.5 Å². The van der Waals surface area contributed by atoms with Crippen LogP contribution in [0.3, 0.4) is 0 Å². The van der Waals surface area contributed by atoms with Crippen LogP contribution in [-0.2, 0) is 0 Å². The van der Waals surface area contributed by atoms with Gasteiger partial charge in [0.25, 0.3) is 0 Å². The molecule has 3 rings (SSSR count). The van der Waals surface area contributed by atoms with Gasteiger partial charge in [-0.1, -0.05) is 46.9 Å². The van der Waals surface area contributed by atoms with Gasteiger partial charge < -0.3 is 16.3 Å². The Labute approximate surface area is 147 Å². The Bertz CT molecular complexity index is 931. The van der Waals surface area contributed by atoms with Gasteiger partial charge in [-0.2, -0.15) is 0 Å². The number of benzene rings is 2. The molecule has 24 heavy (non-hydrogen) atoms. The summed E-state index contributed by atoms with van der Waals surface area (Å²) in [7, 11) is 0. The second kappa shape index (κ2) is 7.51. The number of hydrogen-bond acceptors (Lipinski definition) is 2. The zero-order valence-corrected chi connectivity index (χ0v) is 17.2. The van der Waals surface area contributed by atoms with E-state index in [1.807, 2.05) is 12.1 Å². The van der Waals surface area contributed by atoms with Crippen LogP contribution < -0.4 is 5.49 Å². The minimum atomic E-state index is 0. The van der Waals surface area contributed by atoms with E-state index >= 15 is 0 Å². The van der Waals surface area contributed by atoms with Crippen molar-refractivity contribution in [1.82, 2.24) is 10.2 Å². The molecule has 0 fully saturated rings. The second-order valence-corrected chi connectivity index (χ2v) is 5.87. The number of H-pyrrole nitrogens is 2. The smallest absolute Gasteiger partial charge is 0.0634 e. The van der Waals surface area contributed by atoms with Gasteiger partial charge in [0.15, 0.2) is 0 Å². The van der Waals surface area contributed by atoms with Crippen LogP contribution in [0.1, 0.15) is 5.56 Å². The van der Waals surface area contributed by atoms with Crippen molar-refractivity contribution in [1.29, 1.82) is 0 Å². The van der Waals surface area contributed by atoms with Crippen LogP contribution in [0.2, 0.25) is 15.1 Å². The molecule has 0 aliphatic heterocycles. The van der Waals surface area contributed by atoms with E-state index < -0.39 is 0 Å². The summed E-state index contributed by atoms with van der Waals surface area (Å²) in [5.74, 6) is 0.497. The maximum absolute atomic E-state index is 6.09. The molecule has 3 aromatic rings. The first-order chi connectivity index (χ1) is 11.1. The molecule has 1 aromatic heterocycles. The molecular formula is C16H10Cl3CmN4-. The number of halogens is 3. The fourth-order valence-corrected chi connectivity index (χ4v) is 2.47. The summed E-state index contributed by atoms with van der Waals surface area (Å²) in [6.45, 7) is 0. The normalized spacial score (nSPS) is 11.7. The van der Waals surface area contributed by atoms with Crippen LogP contribution in [0, 0.1) is 6.07 Å². The summed E-state index contributed by atoms with van der Waals surface area (Å²) in [5, 5.41) is 7.47. The van der Waals surface area contributed by atoms with E-state index in [0.717, 1.165) is 11.3 Å². The third kappa shape index (κ3) is 4.26. The summed E-state index contributed by atoms with van der Waals surface area (Å²) in [6, 6.07) is 15.4. The largest absolute Gasteiger partial charge is 0.380 e. The SMILES string of the molecule is Clc1cccc(N=c2[c-]c(/N=C/c3ccc(Cl)cc3Cl)[nH][nH]2)c1.[Cm]. The average molecular weight is 612 g/mol. The first kappa shape index (κ1) is 17.3. The van der Waals surface area contributed by atoms with E-state index in [0.29, 0.717) is 26.4 Å². The number of nitrogens with one attached hydrogen (secondary N) is 2. The second-order valence-electron chi connectivity index (χ2n) is 4.59. The minimum Gasteiger partial charge on any atom is -0.380 e. The van der Waals surface area contributed by atoms with Gasteiger partial charge in [-0.15, -0.1) is 0 Å². The van der Waals surface area contributed by atoms with Gasteiger partial charge in [0.1, 0.15) is 0 Å². The fourth-order valence-electron chi connectivity index (χ4n) is 1.83. The van der Waals surface area contributed by atoms with Crippen molar-refractivity contribution in [3.63, 3.8) is 0 Å². The van der Waals surface area contributed by atoms with Crippen molar-refractivity contribution >= 4 is 52.5 Å². The third-order valence-electron chi connectivity index (χ3n) is 2.88. The van der Waals surface area contributed by atoms with E-state index in [2.05, 4.69) is 26.2 Å². The molecule has 0 atom stereocenters. The average Bonchev–Trinajstić information content (AvgIpc) is 2.94. The molecule has 0 bridgehead atoms. The number of nitrogens with zero attached hydrogens (tertiary/aromatic N) is 2. The minimum absolute atomic E-state index is 0. The number of aromatic amines is 2. The Morgan fingerprint density at radius 3 is 2.50 bits per heavy atom. The van der Waals surface area contributed by atoms with Crippen molar-refractivity contribution in [3.05, 3.63) is 74.6 Å². The summed E-state index contributed by atoms with van der Waals surface area (Å²) < 4.78 is 0. The molecule has 0 spiro atoms. The first-order valence-electron chi connectivity index (χ1n) is 6.59. The van der Waals surface area contributed by atoms with Crippen LogP contribution in [0.4, 0.5) is 11.5 Å². The molecule has 8 heteroatoms. The monoisotopic (exact) mass is 606 g/mol. The predicted octanol–water partition coefficient (Wildman–Crippen LogP) is 5.09. The number of rotatable bonds is 3. The molecule has 2 N–H and O–H groups in total. The van der Waals surface area contributed by atoms with Gasteiger partial charge in [-0.3, -0.25) is 9.98 Å². The molecule has 0 aliphatic rings. The van der Waals surface area contributed by atoms with Gasteiger partial charge in [0, 0.05) is 21.8 Å². The maximum Gasteiger partial charge on any atom is 0.0634 e. The Morgan fingerprint density at radius 1 is 0.958 bits per heavy atom. The molecule has 1 heterocycles. The quantitative estimate of drug-likeness (QED) is 0.307. The van der Waals surface area contributed by atoms with Gasteiger partial charge in [-0.25, -0.2) is 0 Å². The molecule has 0 amide bonds. The van der Waals surface area contributed by atoms with Crippen molar-refractivity contribution in [2.45, 2.75) is 0 Å². The molecule has 0 unspecified atom stereocenters. The van der Waals surface area contributed by atoms with Crippen LogP contribution in [0.15, 0.2) is 52.4 Å². The molecule has 0 saturated heterocycles. The molecule has 2 aromatic carbocycles. The maximum atomic E-state index is 6.09. The van der Waals surface area contributed by atoms with E-state index in [4.69, 9.17) is 34.8 Å². The molecular weight excluding hydrogens is 602 g/mol. The number of hydrogen-bond donors (Lipinski definition) is 2. The Balaban J connectivity index is 0.00000208. The van der Waals surface area contributed by atoms with Crippen LogP contribution in [0.25, 0.3) is 0 Å². The molecule has 124 valence electrons. The Kier molecular flexibility index (Phi) is 5.42. The van der Waals surface area contributed by atoms with E-state index in [-0.39, 0.29) is 0 Å². The van der Waals surface area contributed by atoms with Gasteiger partial charge in [0.2, 0.25) is 0 Å². The van der Waals surface area contributed by atoms with Gasteiger partial charge in [-0.05, 0) is 41.6 Å². The van der Waals surface area contributed by atoms with Gasteiger partial charge >= 0.3 is 0 Å². The van der Waals surface area contributed by atoms with Crippen LogP contribution >= 0.6 is 34.8 Å². The summed E-state index contributed by atoms with van der Waals surface area (Å²) in [6.07, 6.45) is 1.62. The molecule has 0 aliphatic carbocycles.